The fraction of sp³-hybridized carbons (Fsp3) is 0.263. The van der Waals surface area contributed by atoms with Crippen molar-refractivity contribution in [2.24, 2.45) is 0 Å². The van der Waals surface area contributed by atoms with E-state index in [4.69, 9.17) is 4.74 Å². The Morgan fingerprint density at radius 3 is 2.26 bits per heavy atom. The number of nitrogens with one attached hydrogen (secondary N) is 1. The summed E-state index contributed by atoms with van der Waals surface area (Å²) in [5.41, 5.74) is 1.66. The number of carbonyl (C=O) groups excluding carboxylic acids is 2. The number of anilines is 2. The molecular weight excluding hydrogens is 368 g/mol. The zero-order valence-electron chi connectivity index (χ0n) is 15.4. The van der Waals surface area contributed by atoms with Crippen molar-refractivity contribution in [1.29, 1.82) is 0 Å². The molecule has 0 radical (unpaired) electrons. The van der Waals surface area contributed by atoms with Crippen LogP contribution >= 0.6 is 0 Å². The molecule has 27 heavy (non-hydrogen) atoms. The van der Waals surface area contributed by atoms with E-state index >= 15 is 0 Å². The summed E-state index contributed by atoms with van der Waals surface area (Å²) in [6.07, 6.45) is 1.13. The molecule has 7 nitrogen and oxygen atoms in total. The highest BCUT2D eigenvalue weighted by Crippen LogP contribution is 2.19. The lowest BCUT2D eigenvalue weighted by Crippen LogP contribution is -2.29. The maximum atomic E-state index is 12.4. The number of ether oxygens (including phenoxy) is 1. The number of carbonyl (C=O) groups is 2. The van der Waals surface area contributed by atoms with Gasteiger partial charge in [0.1, 0.15) is 0 Å². The van der Waals surface area contributed by atoms with Crippen LogP contribution in [0, 0.1) is 0 Å². The van der Waals surface area contributed by atoms with Crippen molar-refractivity contribution >= 4 is 33.3 Å². The molecule has 0 heterocycles. The van der Waals surface area contributed by atoms with Crippen LogP contribution in [0.2, 0.25) is 0 Å². The Kier molecular flexibility index (Phi) is 6.57. The molecule has 1 amide bonds. The van der Waals surface area contributed by atoms with Crippen LogP contribution in [0.1, 0.15) is 34.6 Å². The Balaban J connectivity index is 2.15. The van der Waals surface area contributed by atoms with E-state index in [2.05, 4.69) is 5.32 Å². The van der Waals surface area contributed by atoms with E-state index in [-0.39, 0.29) is 12.5 Å². The summed E-state index contributed by atoms with van der Waals surface area (Å²) in [5.74, 6) is -0.830. The number of nitrogens with zero attached hydrogens (tertiary/aromatic N) is 1. The van der Waals surface area contributed by atoms with Crippen LogP contribution in [0.15, 0.2) is 48.5 Å². The lowest BCUT2D eigenvalue weighted by atomic mass is 10.1. The van der Waals surface area contributed by atoms with Crippen molar-refractivity contribution in [3.05, 3.63) is 59.7 Å². The first kappa shape index (κ1) is 20.4. The molecule has 0 unspecified atom stereocenters. The molecule has 0 atom stereocenters. The van der Waals surface area contributed by atoms with Gasteiger partial charge in [0.2, 0.25) is 10.0 Å². The van der Waals surface area contributed by atoms with E-state index in [9.17, 15) is 18.0 Å². The first-order valence-electron chi connectivity index (χ1n) is 8.42. The zero-order valence-corrected chi connectivity index (χ0v) is 16.2. The summed E-state index contributed by atoms with van der Waals surface area (Å²) in [7, 11) is -3.38. The molecular formula is C19H22N2O5S. The Hall–Kier alpha value is -2.87. The first-order chi connectivity index (χ1) is 12.8. The minimum Gasteiger partial charge on any atom is -0.462 e. The van der Waals surface area contributed by atoms with E-state index < -0.39 is 16.0 Å². The molecule has 0 saturated carbocycles. The van der Waals surface area contributed by atoms with Gasteiger partial charge in [-0.05, 0) is 56.3 Å². The predicted molar refractivity (Wildman–Crippen MR) is 105 cm³/mol. The molecule has 0 bridgehead atoms. The van der Waals surface area contributed by atoms with E-state index in [1.807, 2.05) is 0 Å². The van der Waals surface area contributed by atoms with Crippen molar-refractivity contribution in [2.75, 3.05) is 29.0 Å². The lowest BCUT2D eigenvalue weighted by Gasteiger charge is -2.20. The SMILES string of the molecule is CCOC(=O)c1cccc(NC(=O)c2ccc(N(CC)S(C)(=O)=O)cc2)c1. The number of hydrogen-bond acceptors (Lipinski definition) is 5. The molecule has 2 aromatic rings. The maximum Gasteiger partial charge on any atom is 0.338 e. The number of hydrogen-bond donors (Lipinski definition) is 1. The van der Waals surface area contributed by atoms with Crippen LogP contribution in [-0.2, 0) is 14.8 Å². The van der Waals surface area contributed by atoms with Gasteiger partial charge >= 0.3 is 5.97 Å². The molecule has 0 aliphatic rings. The smallest absolute Gasteiger partial charge is 0.338 e. The maximum absolute atomic E-state index is 12.4. The first-order valence-corrected chi connectivity index (χ1v) is 10.3. The van der Waals surface area contributed by atoms with Crippen LogP contribution < -0.4 is 9.62 Å². The second-order valence-corrected chi connectivity index (χ2v) is 7.64. The Labute approximate surface area is 159 Å². The average molecular weight is 390 g/mol. The van der Waals surface area contributed by atoms with Gasteiger partial charge in [-0.15, -0.1) is 0 Å². The van der Waals surface area contributed by atoms with Gasteiger partial charge in [0.05, 0.1) is 24.1 Å². The zero-order chi connectivity index (χ0) is 20.0. The van der Waals surface area contributed by atoms with Gasteiger partial charge in [0.25, 0.3) is 5.91 Å². The summed E-state index contributed by atoms with van der Waals surface area (Å²) in [6.45, 7) is 4.02. The summed E-state index contributed by atoms with van der Waals surface area (Å²) < 4.78 is 29.7. The second kappa shape index (κ2) is 8.68. The highest BCUT2D eigenvalue weighted by atomic mass is 32.2. The minimum absolute atomic E-state index is 0.268. The number of amides is 1. The minimum atomic E-state index is -3.38. The highest BCUT2D eigenvalue weighted by molar-refractivity contribution is 7.92. The van der Waals surface area contributed by atoms with Gasteiger partial charge in [-0.25, -0.2) is 13.2 Å². The molecule has 0 aliphatic carbocycles. The topological polar surface area (TPSA) is 92.8 Å². The Bertz CT molecular complexity index is 923. The van der Waals surface area contributed by atoms with Gasteiger partial charge in [-0.3, -0.25) is 9.10 Å². The molecule has 0 aliphatic heterocycles. The van der Waals surface area contributed by atoms with Crippen molar-refractivity contribution < 1.29 is 22.7 Å². The third kappa shape index (κ3) is 5.30. The van der Waals surface area contributed by atoms with E-state index in [1.165, 1.54) is 10.4 Å². The van der Waals surface area contributed by atoms with Gasteiger partial charge in [0, 0.05) is 17.8 Å². The Morgan fingerprint density at radius 2 is 1.70 bits per heavy atom. The van der Waals surface area contributed by atoms with Gasteiger partial charge in [-0.2, -0.15) is 0 Å². The number of benzene rings is 2. The lowest BCUT2D eigenvalue weighted by molar-refractivity contribution is 0.0526. The monoisotopic (exact) mass is 390 g/mol. The number of esters is 1. The summed E-state index contributed by atoms with van der Waals surface area (Å²) in [6, 6.07) is 12.7. The molecule has 2 rings (SSSR count). The summed E-state index contributed by atoms with van der Waals surface area (Å²) in [4.78, 5) is 24.2. The van der Waals surface area contributed by atoms with Crippen LogP contribution in [-0.4, -0.2) is 39.7 Å². The van der Waals surface area contributed by atoms with Crippen molar-refractivity contribution in [3.63, 3.8) is 0 Å². The normalized spacial score (nSPS) is 10.9. The third-order valence-electron chi connectivity index (χ3n) is 3.74. The summed E-state index contributed by atoms with van der Waals surface area (Å²) in [5, 5.41) is 2.71. The van der Waals surface area contributed by atoms with E-state index in [0.29, 0.717) is 29.0 Å². The quantitative estimate of drug-likeness (QED) is 0.734. The van der Waals surface area contributed by atoms with Gasteiger partial charge in [-0.1, -0.05) is 6.07 Å². The molecule has 0 fully saturated rings. The number of rotatable bonds is 7. The third-order valence-corrected chi connectivity index (χ3v) is 5.01. The molecule has 8 heteroatoms. The van der Waals surface area contributed by atoms with Crippen LogP contribution in [0.5, 0.6) is 0 Å². The fourth-order valence-corrected chi connectivity index (χ4v) is 3.50. The fourth-order valence-electron chi connectivity index (χ4n) is 2.53. The van der Waals surface area contributed by atoms with Crippen molar-refractivity contribution in [3.8, 4) is 0 Å². The summed E-state index contributed by atoms with van der Waals surface area (Å²) >= 11 is 0. The molecule has 1 N–H and O–H groups in total. The molecule has 2 aromatic carbocycles. The van der Waals surface area contributed by atoms with Crippen LogP contribution in [0.25, 0.3) is 0 Å². The van der Waals surface area contributed by atoms with Crippen LogP contribution in [0.4, 0.5) is 11.4 Å². The van der Waals surface area contributed by atoms with Gasteiger partial charge < -0.3 is 10.1 Å². The standard InChI is InChI=1S/C19H22N2O5S/c1-4-21(27(3,24)25)17-11-9-14(10-12-17)18(22)20-16-8-6-7-15(13-16)19(23)26-5-2/h6-13H,4-5H2,1-3H3,(H,20,22). The highest BCUT2D eigenvalue weighted by Gasteiger charge is 2.16. The van der Waals surface area contributed by atoms with E-state index in [1.54, 1.807) is 56.3 Å². The molecule has 0 spiro atoms. The Morgan fingerprint density at radius 1 is 1.04 bits per heavy atom. The van der Waals surface area contributed by atoms with Crippen LogP contribution in [0.3, 0.4) is 0 Å². The molecule has 0 saturated heterocycles. The number of sulfonamides is 1. The molecule has 144 valence electrons. The second-order valence-electron chi connectivity index (χ2n) is 5.73. The van der Waals surface area contributed by atoms with Gasteiger partial charge in [0.15, 0.2) is 0 Å². The average Bonchev–Trinajstić information content (AvgIpc) is 2.62. The predicted octanol–water partition coefficient (Wildman–Crippen LogP) is 2.90. The van der Waals surface area contributed by atoms with E-state index in [0.717, 1.165) is 6.26 Å². The largest absolute Gasteiger partial charge is 0.462 e. The van der Waals surface area contributed by atoms with Crippen molar-refractivity contribution in [1.82, 2.24) is 0 Å². The van der Waals surface area contributed by atoms with Crippen molar-refractivity contribution in [2.45, 2.75) is 13.8 Å². The molecule has 0 aromatic heterocycles.